The fraction of sp³-hybridized carbons (Fsp3) is 0.654. The highest BCUT2D eigenvalue weighted by molar-refractivity contribution is 6.55. The Bertz CT molecular complexity index is 700. The molecule has 1 aromatic rings. The van der Waals surface area contributed by atoms with Gasteiger partial charge in [-0.25, -0.2) is 0 Å². The van der Waals surface area contributed by atoms with Gasteiger partial charge in [-0.2, -0.15) is 0 Å². The van der Waals surface area contributed by atoms with Crippen molar-refractivity contribution in [3.8, 4) is 11.5 Å². The monoisotopic (exact) mass is 501 g/mol. The lowest BCUT2D eigenvalue weighted by atomic mass is 10.0. The molecule has 7 heteroatoms. The molecular weight excluding hydrogens is 461 g/mol. The quantitative estimate of drug-likeness (QED) is 0.125. The van der Waals surface area contributed by atoms with Crippen molar-refractivity contribution in [2.24, 2.45) is 5.16 Å². The molecule has 1 rings (SSSR count). The van der Waals surface area contributed by atoms with Crippen LogP contribution >= 0.6 is 23.2 Å². The maximum atomic E-state index is 6.19. The fourth-order valence-electron chi connectivity index (χ4n) is 3.04. The molecule has 0 N–H and O–H groups in total. The molecule has 0 bridgehead atoms. The van der Waals surface area contributed by atoms with Gasteiger partial charge in [0.15, 0.2) is 0 Å². The van der Waals surface area contributed by atoms with E-state index in [1.54, 1.807) is 12.3 Å². The summed E-state index contributed by atoms with van der Waals surface area (Å²) in [6, 6.07) is 4.09. The van der Waals surface area contributed by atoms with Crippen molar-refractivity contribution in [3.05, 3.63) is 33.8 Å². The van der Waals surface area contributed by atoms with Gasteiger partial charge in [0.25, 0.3) is 0 Å². The minimum atomic E-state index is -0.244. The number of aryl methyl sites for hydroxylation is 2. The Balaban J connectivity index is 2.26. The van der Waals surface area contributed by atoms with E-state index in [1.807, 2.05) is 32.9 Å². The molecule has 0 amide bonds. The SMILES string of the molecule is CCc1cc(OCC=C(Cl)Cl)cc(CC)c1OCCCCCCOCCC=NOC(C)(C)C. The third kappa shape index (κ3) is 14.4. The van der Waals surface area contributed by atoms with Crippen LogP contribution in [0, 0.1) is 0 Å². The summed E-state index contributed by atoms with van der Waals surface area (Å²) >= 11 is 11.3. The van der Waals surface area contributed by atoms with Crippen LogP contribution in [0.25, 0.3) is 0 Å². The van der Waals surface area contributed by atoms with E-state index >= 15 is 0 Å². The van der Waals surface area contributed by atoms with Crippen molar-refractivity contribution in [2.45, 2.75) is 85.2 Å². The number of hydrogen-bond donors (Lipinski definition) is 0. The molecule has 5 nitrogen and oxygen atoms in total. The second kappa shape index (κ2) is 17.1. The molecule has 0 spiro atoms. The Hall–Kier alpha value is -1.43. The molecule has 188 valence electrons. The number of unbranched alkanes of at least 4 members (excludes halogenated alkanes) is 3. The molecule has 1 aromatic carbocycles. The minimum Gasteiger partial charge on any atom is -0.493 e. The van der Waals surface area contributed by atoms with Crippen LogP contribution in [0.5, 0.6) is 11.5 Å². The molecule has 0 aliphatic rings. The summed E-state index contributed by atoms with van der Waals surface area (Å²) in [4.78, 5) is 5.29. The Morgan fingerprint density at radius 2 is 1.55 bits per heavy atom. The second-order valence-electron chi connectivity index (χ2n) is 8.74. The van der Waals surface area contributed by atoms with Gasteiger partial charge in [0.1, 0.15) is 28.2 Å². The van der Waals surface area contributed by atoms with E-state index in [4.69, 9.17) is 42.3 Å². The molecule has 0 aliphatic carbocycles. The summed E-state index contributed by atoms with van der Waals surface area (Å²) in [5.41, 5.74) is 2.08. The first-order valence-electron chi connectivity index (χ1n) is 12.0. The van der Waals surface area contributed by atoms with E-state index in [0.717, 1.165) is 80.8 Å². The summed E-state index contributed by atoms with van der Waals surface area (Å²) in [6.07, 6.45) is 10.3. The van der Waals surface area contributed by atoms with Gasteiger partial charge in [0, 0.05) is 19.2 Å². The van der Waals surface area contributed by atoms with Crippen molar-refractivity contribution in [3.63, 3.8) is 0 Å². The van der Waals surface area contributed by atoms with Crippen LogP contribution in [0.3, 0.4) is 0 Å². The Morgan fingerprint density at radius 3 is 2.12 bits per heavy atom. The lowest BCUT2D eigenvalue weighted by molar-refractivity contribution is 0.00128. The predicted molar refractivity (Wildman–Crippen MR) is 139 cm³/mol. The molecular formula is C26H41Cl2NO4. The lowest BCUT2D eigenvalue weighted by Crippen LogP contribution is -2.15. The number of hydrogen-bond acceptors (Lipinski definition) is 5. The van der Waals surface area contributed by atoms with Crippen molar-refractivity contribution in [1.29, 1.82) is 0 Å². The third-order valence-electron chi connectivity index (χ3n) is 4.69. The average molecular weight is 503 g/mol. The van der Waals surface area contributed by atoms with Gasteiger partial charge in [-0.3, -0.25) is 0 Å². The lowest BCUT2D eigenvalue weighted by Gasteiger charge is -2.17. The van der Waals surface area contributed by atoms with Gasteiger partial charge in [-0.15, -0.1) is 0 Å². The van der Waals surface area contributed by atoms with Crippen molar-refractivity contribution in [1.82, 2.24) is 0 Å². The number of rotatable bonds is 17. The zero-order valence-electron chi connectivity index (χ0n) is 20.9. The van der Waals surface area contributed by atoms with Crippen LogP contribution in [0.4, 0.5) is 0 Å². The number of nitrogens with zero attached hydrogens (tertiary/aromatic N) is 1. The van der Waals surface area contributed by atoms with E-state index < -0.39 is 0 Å². The third-order valence-corrected chi connectivity index (χ3v) is 5.00. The fourth-order valence-corrected chi connectivity index (χ4v) is 3.16. The average Bonchev–Trinajstić information content (AvgIpc) is 2.76. The summed E-state index contributed by atoms with van der Waals surface area (Å²) in [5, 5.41) is 3.95. The normalized spacial score (nSPS) is 11.6. The number of halogens is 2. The zero-order chi connectivity index (χ0) is 24.5. The minimum absolute atomic E-state index is 0.212. The van der Waals surface area contributed by atoms with Gasteiger partial charge >= 0.3 is 0 Å². The van der Waals surface area contributed by atoms with Crippen molar-refractivity contribution in [2.75, 3.05) is 26.4 Å². The van der Waals surface area contributed by atoms with Gasteiger partial charge in [-0.1, -0.05) is 48.6 Å². The molecule has 0 unspecified atom stereocenters. The molecule has 0 heterocycles. The largest absolute Gasteiger partial charge is 0.493 e. The van der Waals surface area contributed by atoms with E-state index in [-0.39, 0.29) is 10.1 Å². The Labute approximate surface area is 210 Å². The van der Waals surface area contributed by atoms with Gasteiger partial charge < -0.3 is 19.0 Å². The standard InChI is InChI=1S/C26H41Cl2NO4/c1-6-21-19-23(31-18-13-24(27)28)20-22(7-2)25(21)32-17-11-9-8-10-15-30-16-12-14-29-33-26(3,4)5/h13-14,19-20H,6-12,15-18H2,1-5H3. The maximum Gasteiger partial charge on any atom is 0.129 e. The second-order valence-corrected chi connectivity index (χ2v) is 9.75. The first-order valence-corrected chi connectivity index (χ1v) is 12.7. The van der Waals surface area contributed by atoms with Gasteiger partial charge in [-0.05, 0) is 82.2 Å². The zero-order valence-corrected chi connectivity index (χ0v) is 22.4. The van der Waals surface area contributed by atoms with E-state index in [0.29, 0.717) is 13.2 Å². The summed E-state index contributed by atoms with van der Waals surface area (Å²) in [6.45, 7) is 12.7. The Kier molecular flexibility index (Phi) is 15.3. The number of ether oxygens (including phenoxy) is 3. The van der Waals surface area contributed by atoms with Crippen molar-refractivity contribution < 1.29 is 19.0 Å². The molecule has 0 saturated carbocycles. The molecule has 0 radical (unpaired) electrons. The summed E-state index contributed by atoms with van der Waals surface area (Å²) in [7, 11) is 0. The maximum absolute atomic E-state index is 6.19. The molecule has 0 saturated heterocycles. The summed E-state index contributed by atoms with van der Waals surface area (Å²) in [5.74, 6) is 1.81. The van der Waals surface area contributed by atoms with Crippen LogP contribution in [0.1, 0.15) is 77.8 Å². The van der Waals surface area contributed by atoms with Crippen LogP contribution in [-0.2, 0) is 22.4 Å². The highest BCUT2D eigenvalue weighted by Crippen LogP contribution is 2.31. The molecule has 0 aliphatic heterocycles. The van der Waals surface area contributed by atoms with E-state index in [1.165, 1.54) is 0 Å². The molecule has 0 atom stereocenters. The van der Waals surface area contributed by atoms with Crippen molar-refractivity contribution >= 4 is 29.4 Å². The topological polar surface area (TPSA) is 49.3 Å². The smallest absolute Gasteiger partial charge is 0.129 e. The van der Waals surface area contributed by atoms with Crippen LogP contribution in [0.2, 0.25) is 0 Å². The highest BCUT2D eigenvalue weighted by Gasteiger charge is 2.11. The van der Waals surface area contributed by atoms with E-state index in [2.05, 4.69) is 19.0 Å². The molecule has 0 fully saturated rings. The summed E-state index contributed by atoms with van der Waals surface area (Å²) < 4.78 is 17.8. The van der Waals surface area contributed by atoms with Crippen LogP contribution < -0.4 is 9.47 Å². The Morgan fingerprint density at radius 1 is 0.909 bits per heavy atom. The predicted octanol–water partition coefficient (Wildman–Crippen LogP) is 7.66. The van der Waals surface area contributed by atoms with Crippen LogP contribution in [0.15, 0.2) is 27.9 Å². The highest BCUT2D eigenvalue weighted by atomic mass is 35.5. The molecule has 33 heavy (non-hydrogen) atoms. The number of oxime groups is 1. The first kappa shape index (κ1) is 29.6. The van der Waals surface area contributed by atoms with Gasteiger partial charge in [0.2, 0.25) is 0 Å². The molecule has 0 aromatic heterocycles. The van der Waals surface area contributed by atoms with Crippen LogP contribution in [-0.4, -0.2) is 38.2 Å². The van der Waals surface area contributed by atoms with Gasteiger partial charge in [0.05, 0.1) is 13.2 Å². The van der Waals surface area contributed by atoms with E-state index in [9.17, 15) is 0 Å². The number of benzene rings is 1. The first-order chi connectivity index (χ1) is 15.8.